The van der Waals surface area contributed by atoms with Crippen molar-refractivity contribution in [3.8, 4) is 0 Å². The summed E-state index contributed by atoms with van der Waals surface area (Å²) in [6, 6.07) is 0. The van der Waals surface area contributed by atoms with Crippen LogP contribution in [0.25, 0.3) is 0 Å². The predicted molar refractivity (Wildman–Crippen MR) is 33.5 cm³/mol. The molecule has 42 valence electrons. The van der Waals surface area contributed by atoms with Gasteiger partial charge >= 0.3 is 0 Å². The number of allylic oxidation sites excluding steroid dienone is 2. The summed E-state index contributed by atoms with van der Waals surface area (Å²) in [6.45, 7) is 3.45. The molecule has 0 atom stereocenters. The van der Waals surface area contributed by atoms with Gasteiger partial charge in [0.15, 0.2) is 0 Å². The molecule has 0 saturated carbocycles. The largest absolute Gasteiger partial charge is 0.402 e. The molecular formula is C5H12N2. The molecule has 0 radical (unpaired) electrons. The summed E-state index contributed by atoms with van der Waals surface area (Å²) in [7, 11) is 0. The maximum atomic E-state index is 6.87. The smallest absolute Gasteiger partial charge is 0.0299 e. The van der Waals surface area contributed by atoms with E-state index in [1.807, 2.05) is 0 Å². The Balaban J connectivity index is 0. The molecule has 0 saturated heterocycles. The van der Waals surface area contributed by atoms with E-state index < -0.39 is 0 Å². The van der Waals surface area contributed by atoms with Gasteiger partial charge in [-0.15, -0.1) is 0 Å². The molecule has 0 aliphatic carbocycles. The predicted octanol–water partition coefficient (Wildman–Crippen LogP) is 1.13. The van der Waals surface area contributed by atoms with E-state index in [0.29, 0.717) is 11.4 Å². The monoisotopic (exact) mass is 100 g/mol. The summed E-state index contributed by atoms with van der Waals surface area (Å²) in [5, 5.41) is 6.87. The number of rotatable bonds is 1. The quantitative estimate of drug-likeness (QED) is 0.477. The van der Waals surface area contributed by atoms with Crippen molar-refractivity contribution in [1.29, 1.82) is 5.41 Å². The second kappa shape index (κ2) is 2.39. The SMILES string of the molecule is CC(=N)/C=C(/C)N.[HH]. The Morgan fingerprint density at radius 1 is 1.71 bits per heavy atom. The number of hydrogen-bond acceptors (Lipinski definition) is 2. The Bertz CT molecular complexity index is 103. The van der Waals surface area contributed by atoms with Crippen LogP contribution in [0, 0.1) is 5.41 Å². The van der Waals surface area contributed by atoms with Gasteiger partial charge in [-0.05, 0) is 19.9 Å². The molecule has 0 bridgehead atoms. The van der Waals surface area contributed by atoms with Crippen LogP contribution in [0.4, 0.5) is 0 Å². The summed E-state index contributed by atoms with van der Waals surface area (Å²) >= 11 is 0. The molecule has 0 heterocycles. The fourth-order valence-corrected chi connectivity index (χ4v) is 0.342. The van der Waals surface area contributed by atoms with Crippen molar-refractivity contribution in [3.63, 3.8) is 0 Å². The molecular weight excluding hydrogens is 88.1 g/mol. The lowest BCUT2D eigenvalue weighted by molar-refractivity contribution is 1.31. The van der Waals surface area contributed by atoms with Gasteiger partial charge in [-0.25, -0.2) is 0 Å². The fourth-order valence-electron chi connectivity index (χ4n) is 0.342. The standard InChI is InChI=1S/C5H10N2.H2/c1-4(6)3-5(2)7;/h3,6H,7H2,1-2H3;1H/b5-3-,6-4?;. The number of hydrogen-bond donors (Lipinski definition) is 2. The van der Waals surface area contributed by atoms with Gasteiger partial charge in [0.2, 0.25) is 0 Å². The average Bonchev–Trinajstić information content (AvgIpc) is 1.27. The Hall–Kier alpha value is -0.790. The molecule has 3 N–H and O–H groups in total. The van der Waals surface area contributed by atoms with E-state index >= 15 is 0 Å². The first kappa shape index (κ1) is 6.21. The topological polar surface area (TPSA) is 49.9 Å². The molecule has 0 unspecified atom stereocenters. The van der Waals surface area contributed by atoms with Gasteiger partial charge in [-0.1, -0.05) is 0 Å². The van der Waals surface area contributed by atoms with E-state index in [4.69, 9.17) is 11.1 Å². The maximum absolute atomic E-state index is 6.87. The summed E-state index contributed by atoms with van der Waals surface area (Å²) in [4.78, 5) is 0. The van der Waals surface area contributed by atoms with Crippen molar-refractivity contribution in [1.82, 2.24) is 0 Å². The van der Waals surface area contributed by atoms with Gasteiger partial charge in [0.25, 0.3) is 0 Å². The lowest BCUT2D eigenvalue weighted by atomic mass is 10.3. The summed E-state index contributed by atoms with van der Waals surface area (Å²) in [5.74, 6) is 0. The van der Waals surface area contributed by atoms with E-state index in [9.17, 15) is 0 Å². The summed E-state index contributed by atoms with van der Waals surface area (Å²) in [6.07, 6.45) is 1.61. The van der Waals surface area contributed by atoms with Gasteiger partial charge in [-0.2, -0.15) is 0 Å². The molecule has 0 spiro atoms. The Morgan fingerprint density at radius 3 is 2.14 bits per heavy atom. The maximum Gasteiger partial charge on any atom is 0.0299 e. The highest BCUT2D eigenvalue weighted by Crippen LogP contribution is 1.78. The zero-order chi connectivity index (χ0) is 5.86. The summed E-state index contributed by atoms with van der Waals surface area (Å²) in [5.41, 5.74) is 6.40. The van der Waals surface area contributed by atoms with Crippen molar-refractivity contribution >= 4 is 5.71 Å². The molecule has 2 heteroatoms. The Morgan fingerprint density at radius 2 is 2.14 bits per heavy atom. The van der Waals surface area contributed by atoms with Crippen LogP contribution in [0.2, 0.25) is 0 Å². The van der Waals surface area contributed by atoms with Gasteiger partial charge in [0.1, 0.15) is 0 Å². The van der Waals surface area contributed by atoms with Crippen molar-refractivity contribution in [2.75, 3.05) is 0 Å². The van der Waals surface area contributed by atoms with Crippen LogP contribution in [0.3, 0.4) is 0 Å². The van der Waals surface area contributed by atoms with E-state index in [2.05, 4.69) is 0 Å². The Labute approximate surface area is 45.0 Å². The first-order chi connectivity index (χ1) is 3.13. The van der Waals surface area contributed by atoms with Crippen LogP contribution >= 0.6 is 0 Å². The third-order valence-corrected chi connectivity index (χ3v) is 0.444. The van der Waals surface area contributed by atoms with Gasteiger partial charge in [0, 0.05) is 12.8 Å². The lowest BCUT2D eigenvalue weighted by Crippen LogP contribution is -1.93. The minimum absolute atomic E-state index is 0. The molecule has 0 fully saturated rings. The second-order valence-corrected chi connectivity index (χ2v) is 1.57. The van der Waals surface area contributed by atoms with Crippen LogP contribution in [-0.2, 0) is 0 Å². The molecule has 0 aliphatic rings. The van der Waals surface area contributed by atoms with Crippen molar-refractivity contribution in [2.45, 2.75) is 13.8 Å². The van der Waals surface area contributed by atoms with Crippen molar-refractivity contribution < 1.29 is 1.43 Å². The third-order valence-electron chi connectivity index (χ3n) is 0.444. The molecule has 0 rings (SSSR count). The molecule has 2 nitrogen and oxygen atoms in total. The molecule has 0 aliphatic heterocycles. The van der Waals surface area contributed by atoms with Crippen LogP contribution in [0.15, 0.2) is 11.8 Å². The highest BCUT2D eigenvalue weighted by molar-refractivity contribution is 5.90. The van der Waals surface area contributed by atoms with Crippen LogP contribution < -0.4 is 5.73 Å². The van der Waals surface area contributed by atoms with Crippen molar-refractivity contribution in [2.24, 2.45) is 5.73 Å². The average molecular weight is 100 g/mol. The first-order valence-corrected chi connectivity index (χ1v) is 2.12. The van der Waals surface area contributed by atoms with E-state index in [-0.39, 0.29) is 1.43 Å². The molecule has 0 aromatic heterocycles. The minimum atomic E-state index is 0. The molecule has 0 aromatic carbocycles. The van der Waals surface area contributed by atoms with Crippen LogP contribution in [0.1, 0.15) is 15.3 Å². The minimum Gasteiger partial charge on any atom is -0.402 e. The van der Waals surface area contributed by atoms with Crippen LogP contribution in [0.5, 0.6) is 0 Å². The zero-order valence-corrected chi connectivity index (χ0v) is 4.65. The van der Waals surface area contributed by atoms with Crippen molar-refractivity contribution in [3.05, 3.63) is 11.8 Å². The van der Waals surface area contributed by atoms with Gasteiger partial charge in [-0.3, -0.25) is 0 Å². The molecule has 0 amide bonds. The summed E-state index contributed by atoms with van der Waals surface area (Å²) < 4.78 is 0. The lowest BCUT2D eigenvalue weighted by Gasteiger charge is -1.84. The number of nitrogens with two attached hydrogens (primary N) is 1. The normalized spacial score (nSPS) is 11.4. The van der Waals surface area contributed by atoms with Crippen LogP contribution in [-0.4, -0.2) is 5.71 Å². The van der Waals surface area contributed by atoms with E-state index in [0.717, 1.165) is 0 Å². The van der Waals surface area contributed by atoms with E-state index in [1.165, 1.54) is 0 Å². The first-order valence-electron chi connectivity index (χ1n) is 2.12. The number of nitrogens with one attached hydrogen (secondary N) is 1. The Kier molecular flexibility index (Phi) is 2.12. The zero-order valence-electron chi connectivity index (χ0n) is 4.65. The molecule has 7 heavy (non-hydrogen) atoms. The fraction of sp³-hybridized carbons (Fsp3) is 0.400. The van der Waals surface area contributed by atoms with Gasteiger partial charge in [0.05, 0.1) is 0 Å². The highest BCUT2D eigenvalue weighted by Gasteiger charge is 1.76. The van der Waals surface area contributed by atoms with E-state index in [1.54, 1.807) is 19.9 Å². The third kappa shape index (κ3) is 5.21. The molecule has 0 aromatic rings. The highest BCUT2D eigenvalue weighted by atomic mass is 14.5. The second-order valence-electron chi connectivity index (χ2n) is 1.57. The van der Waals surface area contributed by atoms with Gasteiger partial charge < -0.3 is 11.1 Å².